The van der Waals surface area contributed by atoms with Crippen LogP contribution >= 0.6 is 11.6 Å². The third-order valence-corrected chi connectivity index (χ3v) is 4.60. The van der Waals surface area contributed by atoms with Gasteiger partial charge in [-0.25, -0.2) is 0 Å². The van der Waals surface area contributed by atoms with E-state index in [2.05, 4.69) is 17.4 Å². The van der Waals surface area contributed by atoms with E-state index in [-0.39, 0.29) is 6.04 Å². The number of benzene rings is 2. The Morgan fingerprint density at radius 1 is 1.00 bits per heavy atom. The molecule has 0 saturated carbocycles. The normalized spacial score (nSPS) is 16.2. The van der Waals surface area contributed by atoms with Crippen molar-refractivity contribution in [3.8, 4) is 17.2 Å². The van der Waals surface area contributed by atoms with Gasteiger partial charge in [-0.05, 0) is 61.7 Å². The van der Waals surface area contributed by atoms with Gasteiger partial charge in [-0.2, -0.15) is 0 Å². The number of ether oxygens (including phenoxy) is 3. The number of methoxy groups -OCH3 is 1. The molecule has 1 atom stereocenters. The minimum absolute atomic E-state index is 0.00674. The lowest BCUT2D eigenvalue weighted by Gasteiger charge is -2.29. The average molecular weight is 362 g/mol. The number of fused-ring (bicyclic) bond motifs is 1. The molecule has 0 bridgehead atoms. The van der Waals surface area contributed by atoms with Crippen LogP contribution in [0.3, 0.4) is 0 Å². The summed E-state index contributed by atoms with van der Waals surface area (Å²) in [6.07, 6.45) is 0.946. The number of hydrogen-bond donors (Lipinski definition) is 1. The van der Waals surface area contributed by atoms with Gasteiger partial charge < -0.3 is 19.5 Å². The van der Waals surface area contributed by atoms with E-state index in [1.54, 1.807) is 7.11 Å². The molecule has 2 aromatic rings. The fourth-order valence-corrected chi connectivity index (χ4v) is 3.49. The molecule has 3 rings (SSSR count). The molecule has 1 unspecified atom stereocenters. The molecule has 0 saturated heterocycles. The first-order valence-electron chi connectivity index (χ1n) is 8.67. The van der Waals surface area contributed by atoms with Crippen molar-refractivity contribution in [2.75, 3.05) is 26.9 Å². The predicted octanol–water partition coefficient (Wildman–Crippen LogP) is 4.38. The minimum Gasteiger partial charge on any atom is -0.496 e. The van der Waals surface area contributed by atoms with E-state index in [1.807, 2.05) is 32.0 Å². The van der Waals surface area contributed by atoms with E-state index in [0.717, 1.165) is 35.8 Å². The van der Waals surface area contributed by atoms with E-state index in [1.165, 1.54) is 11.1 Å². The quantitative estimate of drug-likeness (QED) is 0.828. The van der Waals surface area contributed by atoms with Crippen molar-refractivity contribution in [3.05, 3.63) is 52.0 Å². The molecule has 2 aromatic carbocycles. The van der Waals surface area contributed by atoms with Crippen LogP contribution in [0.5, 0.6) is 17.2 Å². The molecule has 0 spiro atoms. The van der Waals surface area contributed by atoms with Crippen molar-refractivity contribution in [2.45, 2.75) is 26.3 Å². The van der Waals surface area contributed by atoms with E-state index < -0.39 is 0 Å². The number of nitrogens with one attached hydrogen (secondary N) is 1. The molecule has 0 amide bonds. The van der Waals surface area contributed by atoms with Crippen molar-refractivity contribution in [1.82, 2.24) is 5.32 Å². The Balaban J connectivity index is 2.10. The Morgan fingerprint density at radius 2 is 1.72 bits per heavy atom. The van der Waals surface area contributed by atoms with Crippen LogP contribution in [0.1, 0.15) is 36.6 Å². The number of rotatable bonds is 6. The van der Waals surface area contributed by atoms with Crippen LogP contribution in [0.25, 0.3) is 0 Å². The van der Waals surface area contributed by atoms with Crippen molar-refractivity contribution < 1.29 is 14.2 Å². The van der Waals surface area contributed by atoms with Gasteiger partial charge in [0.1, 0.15) is 5.75 Å². The second kappa shape index (κ2) is 7.98. The van der Waals surface area contributed by atoms with Crippen LogP contribution in [0.2, 0.25) is 5.02 Å². The topological polar surface area (TPSA) is 39.7 Å². The predicted molar refractivity (Wildman–Crippen MR) is 100 cm³/mol. The molecule has 1 aliphatic rings. The summed E-state index contributed by atoms with van der Waals surface area (Å²) in [6, 6.07) is 9.91. The van der Waals surface area contributed by atoms with E-state index in [9.17, 15) is 0 Å². The zero-order valence-corrected chi connectivity index (χ0v) is 15.7. The first kappa shape index (κ1) is 17.9. The van der Waals surface area contributed by atoms with Gasteiger partial charge in [0.15, 0.2) is 11.5 Å². The highest BCUT2D eigenvalue weighted by Crippen LogP contribution is 2.40. The third kappa shape index (κ3) is 3.70. The van der Waals surface area contributed by atoms with Crippen LogP contribution in [-0.4, -0.2) is 26.9 Å². The molecule has 1 N–H and O–H groups in total. The van der Waals surface area contributed by atoms with Crippen LogP contribution in [0.15, 0.2) is 30.3 Å². The molecule has 0 radical (unpaired) electrons. The van der Waals surface area contributed by atoms with Crippen molar-refractivity contribution >= 4 is 11.6 Å². The van der Waals surface area contributed by atoms with Crippen molar-refractivity contribution in [3.63, 3.8) is 0 Å². The van der Waals surface area contributed by atoms with Gasteiger partial charge in [0.25, 0.3) is 0 Å². The largest absolute Gasteiger partial charge is 0.496 e. The first-order valence-corrected chi connectivity index (χ1v) is 9.04. The average Bonchev–Trinajstić information content (AvgIpc) is 2.62. The van der Waals surface area contributed by atoms with E-state index in [0.29, 0.717) is 18.2 Å². The summed E-state index contributed by atoms with van der Waals surface area (Å²) in [5.74, 6) is 2.40. The van der Waals surface area contributed by atoms with Gasteiger partial charge in [0.2, 0.25) is 0 Å². The molecule has 4 nitrogen and oxygen atoms in total. The Hall–Kier alpha value is -1.91. The standard InChI is InChI=1S/C20H24ClNO3/c1-4-24-18-10-13-8-9-22-20(15(13)12-19(18)25-5-2)16-11-14(21)6-7-17(16)23-3/h6-7,10-12,20,22H,4-5,8-9H2,1-3H3. The summed E-state index contributed by atoms with van der Waals surface area (Å²) in [5.41, 5.74) is 3.47. The van der Waals surface area contributed by atoms with Crippen LogP contribution < -0.4 is 19.5 Å². The molecule has 134 valence electrons. The number of hydrogen-bond acceptors (Lipinski definition) is 4. The highest BCUT2D eigenvalue weighted by Gasteiger charge is 2.26. The summed E-state index contributed by atoms with van der Waals surface area (Å²) in [6.45, 7) is 6.05. The lowest BCUT2D eigenvalue weighted by Crippen LogP contribution is -2.31. The van der Waals surface area contributed by atoms with Crippen molar-refractivity contribution in [2.24, 2.45) is 0 Å². The smallest absolute Gasteiger partial charge is 0.161 e. The first-order chi connectivity index (χ1) is 12.2. The van der Waals surface area contributed by atoms with Crippen LogP contribution in [0, 0.1) is 0 Å². The van der Waals surface area contributed by atoms with Gasteiger partial charge >= 0.3 is 0 Å². The SMILES string of the molecule is CCOc1cc2c(cc1OCC)C(c1cc(Cl)ccc1OC)NCC2. The number of halogens is 1. The molecule has 25 heavy (non-hydrogen) atoms. The highest BCUT2D eigenvalue weighted by atomic mass is 35.5. The van der Waals surface area contributed by atoms with Gasteiger partial charge in [-0.3, -0.25) is 0 Å². The zero-order chi connectivity index (χ0) is 17.8. The van der Waals surface area contributed by atoms with Gasteiger partial charge in [-0.1, -0.05) is 11.6 Å². The lowest BCUT2D eigenvalue weighted by atomic mass is 9.89. The fraction of sp³-hybridized carbons (Fsp3) is 0.400. The summed E-state index contributed by atoms with van der Waals surface area (Å²) in [5, 5.41) is 4.27. The third-order valence-electron chi connectivity index (χ3n) is 4.36. The Kier molecular flexibility index (Phi) is 5.71. The maximum Gasteiger partial charge on any atom is 0.161 e. The van der Waals surface area contributed by atoms with Gasteiger partial charge in [0, 0.05) is 17.1 Å². The van der Waals surface area contributed by atoms with E-state index >= 15 is 0 Å². The minimum atomic E-state index is 0.00674. The van der Waals surface area contributed by atoms with Crippen LogP contribution in [-0.2, 0) is 6.42 Å². The molecule has 0 aliphatic carbocycles. The Bertz CT molecular complexity index is 748. The second-order valence-corrected chi connectivity index (χ2v) is 6.32. The van der Waals surface area contributed by atoms with Gasteiger partial charge in [-0.15, -0.1) is 0 Å². The zero-order valence-electron chi connectivity index (χ0n) is 14.9. The van der Waals surface area contributed by atoms with E-state index in [4.69, 9.17) is 25.8 Å². The molecular formula is C20H24ClNO3. The van der Waals surface area contributed by atoms with Crippen molar-refractivity contribution in [1.29, 1.82) is 0 Å². The Morgan fingerprint density at radius 3 is 2.40 bits per heavy atom. The lowest BCUT2D eigenvalue weighted by molar-refractivity contribution is 0.286. The molecule has 0 aromatic heterocycles. The maximum absolute atomic E-state index is 6.24. The summed E-state index contributed by atoms with van der Waals surface area (Å²) in [4.78, 5) is 0. The van der Waals surface area contributed by atoms with Crippen LogP contribution in [0.4, 0.5) is 0 Å². The molecule has 1 aliphatic heterocycles. The van der Waals surface area contributed by atoms with Gasteiger partial charge in [0.05, 0.1) is 26.4 Å². The summed E-state index contributed by atoms with van der Waals surface area (Å²) in [7, 11) is 1.68. The summed E-state index contributed by atoms with van der Waals surface area (Å²) < 4.78 is 17.1. The Labute approximate surface area is 154 Å². The molecule has 1 heterocycles. The fourth-order valence-electron chi connectivity index (χ4n) is 3.31. The molecular weight excluding hydrogens is 338 g/mol. The monoisotopic (exact) mass is 361 g/mol. The second-order valence-electron chi connectivity index (χ2n) is 5.89. The highest BCUT2D eigenvalue weighted by molar-refractivity contribution is 6.30. The molecule has 0 fully saturated rings. The summed E-state index contributed by atoms with van der Waals surface area (Å²) >= 11 is 6.24. The maximum atomic E-state index is 6.24. The molecule has 5 heteroatoms.